The van der Waals surface area contributed by atoms with Crippen LogP contribution in [0.4, 0.5) is 4.79 Å². The summed E-state index contributed by atoms with van der Waals surface area (Å²) in [4.78, 5) is 26.0. The second-order valence-electron chi connectivity index (χ2n) is 5.67. The van der Waals surface area contributed by atoms with E-state index in [0.29, 0.717) is 0 Å². The number of ether oxygens (including phenoxy) is 1. The van der Waals surface area contributed by atoms with Crippen LogP contribution in [-0.4, -0.2) is 31.5 Å². The average molecular weight is 337 g/mol. The van der Waals surface area contributed by atoms with Gasteiger partial charge in [-0.05, 0) is 22.3 Å². The zero-order chi connectivity index (χ0) is 17.6. The number of nitrogens with two attached hydrogens (primary N) is 1. The van der Waals surface area contributed by atoms with Crippen LogP contribution in [0.15, 0.2) is 53.5 Å². The summed E-state index contributed by atoms with van der Waals surface area (Å²) in [6, 6.07) is 16.2. The summed E-state index contributed by atoms with van der Waals surface area (Å²) in [5.41, 5.74) is 10.2. The number of carbonyl (C=O) groups is 2. The minimum absolute atomic E-state index is 0.00798. The van der Waals surface area contributed by atoms with E-state index in [2.05, 4.69) is 34.6 Å². The van der Waals surface area contributed by atoms with E-state index in [9.17, 15) is 9.59 Å². The number of guanidine groups is 1. The van der Waals surface area contributed by atoms with Gasteiger partial charge in [0.1, 0.15) is 12.9 Å². The Morgan fingerprint density at radius 3 is 2.32 bits per heavy atom. The number of benzene rings is 2. The number of nitrogens with zero attached hydrogens (tertiary/aromatic N) is 1. The van der Waals surface area contributed by atoms with Crippen molar-refractivity contribution >= 4 is 18.3 Å². The van der Waals surface area contributed by atoms with Crippen LogP contribution in [0.2, 0.25) is 0 Å². The largest absolute Gasteiger partial charge is 0.448 e. The molecule has 2 aromatic carbocycles. The van der Waals surface area contributed by atoms with Crippen LogP contribution in [0, 0.1) is 0 Å². The molecule has 25 heavy (non-hydrogen) atoms. The highest BCUT2D eigenvalue weighted by Gasteiger charge is 2.28. The van der Waals surface area contributed by atoms with Gasteiger partial charge in [-0.3, -0.25) is 10.3 Å². The lowest BCUT2D eigenvalue weighted by Crippen LogP contribution is -2.37. The first kappa shape index (κ1) is 16.7. The fourth-order valence-corrected chi connectivity index (χ4v) is 3.02. The van der Waals surface area contributed by atoms with Gasteiger partial charge in [0, 0.05) is 18.9 Å². The highest BCUT2D eigenvalue weighted by Crippen LogP contribution is 2.44. The van der Waals surface area contributed by atoms with E-state index >= 15 is 0 Å². The summed E-state index contributed by atoms with van der Waals surface area (Å²) in [6.07, 6.45) is 0.339. The smallest absolute Gasteiger partial charge is 0.413 e. The number of alkyl carbamates (subject to hydrolysis) is 1. The molecule has 6 heteroatoms. The van der Waals surface area contributed by atoms with Crippen molar-refractivity contribution < 1.29 is 14.3 Å². The van der Waals surface area contributed by atoms with Crippen molar-refractivity contribution in [2.45, 2.75) is 12.3 Å². The van der Waals surface area contributed by atoms with Gasteiger partial charge in [0.25, 0.3) is 0 Å². The predicted molar refractivity (Wildman–Crippen MR) is 95.4 cm³/mol. The van der Waals surface area contributed by atoms with Gasteiger partial charge in [-0.1, -0.05) is 48.5 Å². The van der Waals surface area contributed by atoms with Crippen LogP contribution < -0.4 is 11.1 Å². The number of aldehydes is 1. The maximum atomic E-state index is 11.9. The molecule has 0 saturated heterocycles. The fraction of sp³-hybridized carbons (Fsp3) is 0.211. The summed E-state index contributed by atoms with van der Waals surface area (Å²) in [6.45, 7) is 0.445. The van der Waals surface area contributed by atoms with Crippen LogP contribution in [-0.2, 0) is 9.53 Å². The second kappa shape index (κ2) is 7.61. The molecule has 3 rings (SSSR count). The molecule has 3 N–H and O–H groups in total. The van der Waals surface area contributed by atoms with E-state index in [-0.39, 0.29) is 31.4 Å². The molecule has 0 bridgehead atoms. The Kier molecular flexibility index (Phi) is 5.09. The monoisotopic (exact) mass is 337 g/mol. The van der Waals surface area contributed by atoms with Gasteiger partial charge in [0.2, 0.25) is 0 Å². The van der Waals surface area contributed by atoms with Crippen molar-refractivity contribution in [1.82, 2.24) is 5.32 Å². The van der Waals surface area contributed by atoms with E-state index < -0.39 is 6.09 Å². The van der Waals surface area contributed by atoms with E-state index in [1.165, 1.54) is 11.1 Å². The van der Waals surface area contributed by atoms with Crippen molar-refractivity contribution in [3.05, 3.63) is 59.7 Å². The molecule has 128 valence electrons. The van der Waals surface area contributed by atoms with E-state index in [0.717, 1.165) is 17.4 Å². The van der Waals surface area contributed by atoms with Crippen molar-refractivity contribution in [2.24, 2.45) is 10.7 Å². The van der Waals surface area contributed by atoms with Gasteiger partial charge in [0.05, 0.1) is 0 Å². The second-order valence-corrected chi connectivity index (χ2v) is 5.67. The molecule has 0 radical (unpaired) electrons. The maximum absolute atomic E-state index is 11.9. The fourth-order valence-electron chi connectivity index (χ4n) is 3.02. The summed E-state index contributed by atoms with van der Waals surface area (Å²) >= 11 is 0. The van der Waals surface area contributed by atoms with Gasteiger partial charge in [-0.25, -0.2) is 4.79 Å². The number of amides is 1. The number of hydrogen-bond donors (Lipinski definition) is 2. The van der Waals surface area contributed by atoms with Crippen LogP contribution in [0.3, 0.4) is 0 Å². The zero-order valence-corrected chi connectivity index (χ0v) is 13.6. The van der Waals surface area contributed by atoms with Gasteiger partial charge in [0.15, 0.2) is 5.96 Å². The van der Waals surface area contributed by atoms with E-state index in [1.54, 1.807) is 0 Å². The quantitative estimate of drug-likeness (QED) is 0.379. The maximum Gasteiger partial charge on any atom is 0.413 e. The van der Waals surface area contributed by atoms with Gasteiger partial charge in [-0.2, -0.15) is 0 Å². The Bertz CT molecular complexity index is 772. The Labute approximate surface area is 145 Å². The number of aliphatic imine (C=N–C) groups is 1. The van der Waals surface area contributed by atoms with E-state index in [1.807, 2.05) is 24.3 Å². The molecule has 1 aliphatic rings. The molecule has 2 aromatic rings. The molecule has 0 fully saturated rings. The molecule has 6 nitrogen and oxygen atoms in total. The summed E-state index contributed by atoms with van der Waals surface area (Å²) < 4.78 is 5.34. The van der Waals surface area contributed by atoms with Crippen molar-refractivity contribution in [1.29, 1.82) is 0 Å². The topological polar surface area (TPSA) is 93.8 Å². The number of fused-ring (bicyclic) bond motifs is 3. The minimum atomic E-state index is -0.658. The Hall–Kier alpha value is -3.15. The van der Waals surface area contributed by atoms with Crippen LogP contribution in [0.1, 0.15) is 23.5 Å². The minimum Gasteiger partial charge on any atom is -0.448 e. The van der Waals surface area contributed by atoms with E-state index in [4.69, 9.17) is 10.5 Å². The van der Waals surface area contributed by atoms with Crippen molar-refractivity contribution in [3.8, 4) is 11.1 Å². The molecule has 0 saturated carbocycles. The predicted octanol–water partition coefficient (Wildman–Crippen LogP) is 2.43. The molecule has 1 amide bonds. The highest BCUT2D eigenvalue weighted by molar-refractivity contribution is 5.93. The first-order valence-electron chi connectivity index (χ1n) is 8.06. The Morgan fingerprint density at radius 2 is 1.72 bits per heavy atom. The summed E-state index contributed by atoms with van der Waals surface area (Å²) in [7, 11) is 0. The normalized spacial score (nSPS) is 13.0. The summed E-state index contributed by atoms with van der Waals surface area (Å²) in [5, 5.41) is 2.36. The molecule has 1 aliphatic carbocycles. The number of hydrogen-bond acceptors (Lipinski definition) is 4. The molecular weight excluding hydrogens is 318 g/mol. The van der Waals surface area contributed by atoms with Gasteiger partial charge >= 0.3 is 6.09 Å². The molecule has 0 aromatic heterocycles. The SMILES string of the molecule is NC(=NCCC=O)NC(=O)OCC1c2ccccc2-c2ccccc21. The van der Waals surface area contributed by atoms with Gasteiger partial charge < -0.3 is 15.3 Å². The first-order chi connectivity index (χ1) is 12.2. The Balaban J connectivity index is 1.66. The third-order valence-corrected chi connectivity index (χ3v) is 4.10. The van der Waals surface area contributed by atoms with Crippen molar-refractivity contribution in [3.63, 3.8) is 0 Å². The average Bonchev–Trinajstić information content (AvgIpc) is 2.94. The standard InChI is InChI=1S/C19H19N3O3/c20-18(21-10-5-11-23)22-19(24)25-12-17-15-8-3-1-6-13(15)14-7-2-4-9-16(14)17/h1-4,6-9,11,17H,5,10,12H2,(H3,20,21,22,24). The van der Waals surface area contributed by atoms with Crippen LogP contribution in [0.25, 0.3) is 11.1 Å². The third-order valence-electron chi connectivity index (χ3n) is 4.10. The highest BCUT2D eigenvalue weighted by atomic mass is 16.5. The zero-order valence-electron chi connectivity index (χ0n) is 13.6. The molecule has 0 spiro atoms. The lowest BCUT2D eigenvalue weighted by atomic mass is 9.98. The number of carbonyl (C=O) groups excluding carboxylic acids is 2. The third kappa shape index (κ3) is 3.68. The molecular formula is C19H19N3O3. The lowest BCUT2D eigenvalue weighted by molar-refractivity contribution is -0.107. The molecule has 0 unspecified atom stereocenters. The Morgan fingerprint density at radius 1 is 1.12 bits per heavy atom. The van der Waals surface area contributed by atoms with Crippen molar-refractivity contribution in [2.75, 3.05) is 13.2 Å². The lowest BCUT2D eigenvalue weighted by Gasteiger charge is -2.14. The summed E-state index contributed by atoms with van der Waals surface area (Å²) in [5.74, 6) is -0.0644. The number of rotatable bonds is 5. The molecule has 0 aliphatic heterocycles. The molecule has 0 atom stereocenters. The van der Waals surface area contributed by atoms with Crippen LogP contribution >= 0.6 is 0 Å². The van der Waals surface area contributed by atoms with Gasteiger partial charge in [-0.15, -0.1) is 0 Å². The molecule has 0 heterocycles. The number of nitrogens with one attached hydrogen (secondary N) is 1. The first-order valence-corrected chi connectivity index (χ1v) is 8.06. The van der Waals surface area contributed by atoms with Crippen LogP contribution in [0.5, 0.6) is 0 Å².